The van der Waals surface area contributed by atoms with Crippen LogP contribution < -0.4 is 10.6 Å². The van der Waals surface area contributed by atoms with E-state index in [0.717, 1.165) is 12.5 Å². The topological polar surface area (TPSA) is 45.7 Å². The zero-order valence-corrected chi connectivity index (χ0v) is 16.0. The molecule has 1 aromatic carbocycles. The van der Waals surface area contributed by atoms with Gasteiger partial charge in [-0.05, 0) is 38.8 Å². The first kappa shape index (κ1) is 20.2. The fraction of sp³-hybridized carbons (Fsp3) is 0.562. The number of nitrogens with one attached hydrogen (secondary N) is 2. The summed E-state index contributed by atoms with van der Waals surface area (Å²) in [6, 6.07) is 8.79. The quantitative estimate of drug-likeness (QED) is 0.434. The molecule has 0 heterocycles. The van der Waals surface area contributed by atoms with Crippen LogP contribution in [0.2, 0.25) is 0 Å². The number of rotatable bonds is 6. The van der Waals surface area contributed by atoms with E-state index in [2.05, 4.69) is 53.7 Å². The van der Waals surface area contributed by atoms with E-state index in [1.807, 2.05) is 13.8 Å². The molecule has 0 amide bonds. The van der Waals surface area contributed by atoms with Crippen molar-refractivity contribution < 1.29 is 4.74 Å². The summed E-state index contributed by atoms with van der Waals surface area (Å²) in [6.07, 6.45) is 0.255. The van der Waals surface area contributed by atoms with Gasteiger partial charge in [0.15, 0.2) is 5.96 Å². The molecule has 2 N–H and O–H groups in total. The lowest BCUT2D eigenvalue weighted by atomic mass is 10.1. The summed E-state index contributed by atoms with van der Waals surface area (Å²) in [5.74, 6) is 0.823. The van der Waals surface area contributed by atoms with Crippen LogP contribution in [0.1, 0.15) is 38.8 Å². The SMILES string of the molecule is CN=C(NCc1cccc(COC(C)C)c1)NC(C)C.I. The third kappa shape index (κ3) is 8.93. The van der Waals surface area contributed by atoms with Crippen molar-refractivity contribution in [2.24, 2.45) is 4.99 Å². The van der Waals surface area contributed by atoms with Crippen LogP contribution in [0.15, 0.2) is 29.3 Å². The number of nitrogens with zero attached hydrogens (tertiary/aromatic N) is 1. The molecule has 1 aromatic rings. The average Bonchev–Trinajstić information content (AvgIpc) is 2.41. The lowest BCUT2D eigenvalue weighted by molar-refractivity contribution is 0.0657. The normalized spacial score (nSPS) is 11.5. The average molecular weight is 405 g/mol. The Morgan fingerprint density at radius 3 is 2.43 bits per heavy atom. The van der Waals surface area contributed by atoms with Crippen molar-refractivity contribution in [2.45, 2.75) is 53.0 Å². The van der Waals surface area contributed by atoms with E-state index < -0.39 is 0 Å². The highest BCUT2D eigenvalue weighted by Crippen LogP contribution is 2.07. The minimum Gasteiger partial charge on any atom is -0.374 e. The van der Waals surface area contributed by atoms with Gasteiger partial charge >= 0.3 is 0 Å². The summed E-state index contributed by atoms with van der Waals surface area (Å²) < 4.78 is 5.63. The maximum atomic E-state index is 5.63. The number of benzene rings is 1. The molecule has 0 atom stereocenters. The highest BCUT2D eigenvalue weighted by atomic mass is 127. The third-order valence-corrected chi connectivity index (χ3v) is 2.68. The zero-order valence-electron chi connectivity index (χ0n) is 13.6. The highest BCUT2D eigenvalue weighted by molar-refractivity contribution is 14.0. The largest absolute Gasteiger partial charge is 0.374 e. The highest BCUT2D eigenvalue weighted by Gasteiger charge is 2.02. The summed E-state index contributed by atoms with van der Waals surface area (Å²) >= 11 is 0. The Kier molecular flexibility index (Phi) is 10.4. The standard InChI is InChI=1S/C16H27N3O.HI/c1-12(2)19-16(17-5)18-10-14-7-6-8-15(9-14)11-20-13(3)4;/h6-9,12-13H,10-11H2,1-5H3,(H2,17,18,19);1H. The van der Waals surface area contributed by atoms with E-state index in [-0.39, 0.29) is 30.1 Å². The number of hydrogen-bond acceptors (Lipinski definition) is 2. The Balaban J connectivity index is 0.00000400. The molecule has 0 fully saturated rings. The van der Waals surface area contributed by atoms with Crippen molar-refractivity contribution in [2.75, 3.05) is 7.05 Å². The zero-order chi connectivity index (χ0) is 15.0. The summed E-state index contributed by atoms with van der Waals surface area (Å²) in [4.78, 5) is 4.19. The third-order valence-electron chi connectivity index (χ3n) is 2.68. The second kappa shape index (κ2) is 10.8. The van der Waals surface area contributed by atoms with Crippen LogP contribution in [0.3, 0.4) is 0 Å². The van der Waals surface area contributed by atoms with Gasteiger partial charge in [0.1, 0.15) is 0 Å². The van der Waals surface area contributed by atoms with E-state index in [0.29, 0.717) is 12.6 Å². The van der Waals surface area contributed by atoms with Crippen LogP contribution in [0, 0.1) is 0 Å². The second-order valence-electron chi connectivity index (χ2n) is 5.40. The second-order valence-corrected chi connectivity index (χ2v) is 5.40. The number of guanidine groups is 1. The minimum atomic E-state index is 0. The van der Waals surface area contributed by atoms with Gasteiger partial charge in [0.25, 0.3) is 0 Å². The lowest BCUT2D eigenvalue weighted by Crippen LogP contribution is -2.40. The van der Waals surface area contributed by atoms with Crippen molar-refractivity contribution in [1.82, 2.24) is 10.6 Å². The first-order valence-corrected chi connectivity index (χ1v) is 7.18. The predicted octanol–water partition coefficient (Wildman–Crippen LogP) is 3.30. The van der Waals surface area contributed by atoms with E-state index in [1.165, 1.54) is 11.1 Å². The van der Waals surface area contributed by atoms with E-state index >= 15 is 0 Å². The van der Waals surface area contributed by atoms with Gasteiger partial charge in [0, 0.05) is 19.6 Å². The van der Waals surface area contributed by atoms with Gasteiger partial charge < -0.3 is 15.4 Å². The van der Waals surface area contributed by atoms with Crippen LogP contribution in [-0.4, -0.2) is 25.2 Å². The molecule has 120 valence electrons. The van der Waals surface area contributed by atoms with Crippen LogP contribution in [0.25, 0.3) is 0 Å². The smallest absolute Gasteiger partial charge is 0.191 e. The van der Waals surface area contributed by atoms with Crippen LogP contribution in [-0.2, 0) is 17.9 Å². The van der Waals surface area contributed by atoms with Gasteiger partial charge in [0.05, 0.1) is 12.7 Å². The first-order valence-electron chi connectivity index (χ1n) is 7.18. The van der Waals surface area contributed by atoms with Crippen molar-refractivity contribution in [1.29, 1.82) is 0 Å². The number of aliphatic imine (C=N–C) groups is 1. The molecule has 0 spiro atoms. The Morgan fingerprint density at radius 1 is 1.19 bits per heavy atom. The number of hydrogen-bond donors (Lipinski definition) is 2. The van der Waals surface area contributed by atoms with E-state index in [1.54, 1.807) is 7.05 Å². The molecule has 0 aliphatic carbocycles. The van der Waals surface area contributed by atoms with Crippen LogP contribution in [0.4, 0.5) is 0 Å². The molecule has 0 aliphatic rings. The number of ether oxygens (including phenoxy) is 1. The van der Waals surface area contributed by atoms with Gasteiger partial charge in [0.2, 0.25) is 0 Å². The fourth-order valence-corrected chi connectivity index (χ4v) is 1.75. The van der Waals surface area contributed by atoms with Gasteiger partial charge in [-0.3, -0.25) is 4.99 Å². The van der Waals surface area contributed by atoms with E-state index in [9.17, 15) is 0 Å². The Bertz CT molecular complexity index is 433. The Labute approximate surface area is 145 Å². The molecule has 0 radical (unpaired) electrons. The maximum Gasteiger partial charge on any atom is 0.191 e. The molecule has 21 heavy (non-hydrogen) atoms. The number of halogens is 1. The molecule has 0 aromatic heterocycles. The summed E-state index contributed by atoms with van der Waals surface area (Å²) in [7, 11) is 1.78. The minimum absolute atomic E-state index is 0. The van der Waals surface area contributed by atoms with Crippen LogP contribution >= 0.6 is 24.0 Å². The fourth-order valence-electron chi connectivity index (χ4n) is 1.75. The molecule has 4 nitrogen and oxygen atoms in total. The first-order chi connectivity index (χ1) is 9.51. The van der Waals surface area contributed by atoms with Gasteiger partial charge in [-0.15, -0.1) is 24.0 Å². The maximum absolute atomic E-state index is 5.63. The summed E-state index contributed by atoms with van der Waals surface area (Å²) in [5, 5.41) is 6.58. The lowest BCUT2D eigenvalue weighted by Gasteiger charge is -2.15. The molecular formula is C16H28IN3O. The molecular weight excluding hydrogens is 377 g/mol. The van der Waals surface area contributed by atoms with Crippen LogP contribution in [0.5, 0.6) is 0 Å². The Hall–Kier alpha value is -0.820. The molecule has 0 bridgehead atoms. The molecule has 5 heteroatoms. The summed E-state index contributed by atoms with van der Waals surface area (Å²) in [6.45, 7) is 9.69. The molecule has 1 rings (SSSR count). The van der Waals surface area contributed by atoms with Gasteiger partial charge in [-0.1, -0.05) is 24.3 Å². The molecule has 0 saturated heterocycles. The molecule has 0 saturated carbocycles. The molecule has 0 aliphatic heterocycles. The predicted molar refractivity (Wildman–Crippen MR) is 100 cm³/mol. The van der Waals surface area contributed by atoms with Gasteiger partial charge in [-0.25, -0.2) is 0 Å². The van der Waals surface area contributed by atoms with E-state index in [4.69, 9.17) is 4.74 Å². The van der Waals surface area contributed by atoms with Crippen molar-refractivity contribution >= 4 is 29.9 Å². The summed E-state index contributed by atoms with van der Waals surface area (Å²) in [5.41, 5.74) is 2.42. The Morgan fingerprint density at radius 2 is 1.86 bits per heavy atom. The monoisotopic (exact) mass is 405 g/mol. The van der Waals surface area contributed by atoms with Crippen molar-refractivity contribution in [3.63, 3.8) is 0 Å². The molecule has 0 unspecified atom stereocenters. The van der Waals surface area contributed by atoms with Crippen molar-refractivity contribution in [3.05, 3.63) is 35.4 Å². The van der Waals surface area contributed by atoms with Gasteiger partial charge in [-0.2, -0.15) is 0 Å². The van der Waals surface area contributed by atoms with Crippen molar-refractivity contribution in [3.8, 4) is 0 Å².